The summed E-state index contributed by atoms with van der Waals surface area (Å²) in [6.45, 7) is 4.77. The van der Waals surface area contributed by atoms with Crippen LogP contribution in [0.15, 0.2) is 24.3 Å². The molecule has 1 rings (SSSR count). The van der Waals surface area contributed by atoms with Crippen LogP contribution < -0.4 is 5.32 Å². The molecule has 0 saturated carbocycles. The van der Waals surface area contributed by atoms with Gasteiger partial charge in [-0.3, -0.25) is 0 Å². The summed E-state index contributed by atoms with van der Waals surface area (Å²) >= 11 is 0. The lowest BCUT2D eigenvalue weighted by molar-refractivity contribution is 0.516. The van der Waals surface area contributed by atoms with Gasteiger partial charge in [0.05, 0.1) is 5.75 Å². The maximum absolute atomic E-state index is 12.9. The molecule has 1 unspecified atom stereocenters. The zero-order chi connectivity index (χ0) is 14.5. The molecule has 0 aliphatic heterocycles. The third-order valence-corrected chi connectivity index (χ3v) is 3.93. The molecule has 0 aromatic heterocycles. The molecule has 1 aromatic carbocycles. The molecule has 1 N–H and O–H groups in total. The van der Waals surface area contributed by atoms with Crippen molar-refractivity contribution in [1.82, 2.24) is 5.32 Å². The molecule has 0 heterocycles. The van der Waals surface area contributed by atoms with Crippen LogP contribution in [0, 0.1) is 5.82 Å². The van der Waals surface area contributed by atoms with E-state index in [4.69, 9.17) is 0 Å². The van der Waals surface area contributed by atoms with Crippen LogP contribution in [0.5, 0.6) is 0 Å². The van der Waals surface area contributed by atoms with Crippen LogP contribution in [0.1, 0.15) is 31.7 Å². The van der Waals surface area contributed by atoms with E-state index >= 15 is 0 Å². The van der Waals surface area contributed by atoms with E-state index in [1.165, 1.54) is 18.4 Å². The summed E-state index contributed by atoms with van der Waals surface area (Å²) in [5.74, 6) is -0.0467. The Morgan fingerprint density at radius 2 is 1.79 bits per heavy atom. The zero-order valence-electron chi connectivity index (χ0n) is 11.7. The average Bonchev–Trinajstić information content (AvgIpc) is 2.29. The summed E-state index contributed by atoms with van der Waals surface area (Å²) in [6, 6.07) is 6.62. The average molecular weight is 287 g/mol. The number of nitrogens with one attached hydrogen (secondary N) is 1. The van der Waals surface area contributed by atoms with Gasteiger partial charge in [-0.1, -0.05) is 26.0 Å². The first-order valence-corrected chi connectivity index (χ1v) is 8.50. The fourth-order valence-electron chi connectivity index (χ4n) is 1.86. The second-order valence-electron chi connectivity index (χ2n) is 5.23. The molecule has 3 nitrogen and oxygen atoms in total. The Bertz CT molecular complexity index is 483. The molecule has 1 aromatic rings. The number of hydrogen-bond acceptors (Lipinski definition) is 3. The smallest absolute Gasteiger partial charge is 0.147 e. The van der Waals surface area contributed by atoms with Gasteiger partial charge >= 0.3 is 0 Å². The first-order valence-electron chi connectivity index (χ1n) is 6.44. The molecule has 108 valence electrons. The molecule has 0 bridgehead atoms. The van der Waals surface area contributed by atoms with Gasteiger partial charge in [0.25, 0.3) is 0 Å². The number of rotatable bonds is 7. The summed E-state index contributed by atoms with van der Waals surface area (Å²) in [5, 5.41) is 3.31. The summed E-state index contributed by atoms with van der Waals surface area (Å²) in [4.78, 5) is 0. The van der Waals surface area contributed by atoms with Gasteiger partial charge in [-0.2, -0.15) is 0 Å². The molecular formula is C14H22FNO2S. The first-order chi connectivity index (χ1) is 8.78. The Labute approximate surface area is 115 Å². The van der Waals surface area contributed by atoms with Crippen molar-refractivity contribution in [3.8, 4) is 0 Å². The van der Waals surface area contributed by atoms with E-state index in [9.17, 15) is 12.8 Å². The number of sulfone groups is 1. The van der Waals surface area contributed by atoms with E-state index in [2.05, 4.69) is 5.32 Å². The molecule has 0 amide bonds. The topological polar surface area (TPSA) is 46.2 Å². The molecular weight excluding hydrogens is 265 g/mol. The maximum atomic E-state index is 12.9. The Hall–Kier alpha value is -0.940. The lowest BCUT2D eigenvalue weighted by Gasteiger charge is -2.19. The SMILES string of the molecule is CC(C)NCC(CCS(C)(=O)=O)c1ccc(F)cc1. The van der Waals surface area contributed by atoms with Gasteiger partial charge in [0.2, 0.25) is 0 Å². The predicted octanol–water partition coefficient (Wildman–Crippen LogP) is 2.34. The minimum absolute atomic E-state index is 0.0812. The van der Waals surface area contributed by atoms with Crippen LogP contribution in [0.25, 0.3) is 0 Å². The van der Waals surface area contributed by atoms with Gasteiger partial charge < -0.3 is 5.32 Å². The second-order valence-corrected chi connectivity index (χ2v) is 7.49. The van der Waals surface area contributed by atoms with Gasteiger partial charge in [0, 0.05) is 18.8 Å². The van der Waals surface area contributed by atoms with E-state index in [0.29, 0.717) is 19.0 Å². The lowest BCUT2D eigenvalue weighted by atomic mass is 9.96. The minimum Gasteiger partial charge on any atom is -0.314 e. The van der Waals surface area contributed by atoms with Crippen LogP contribution in [-0.2, 0) is 9.84 Å². The fourth-order valence-corrected chi connectivity index (χ4v) is 2.57. The van der Waals surface area contributed by atoms with E-state index in [1.54, 1.807) is 12.1 Å². The van der Waals surface area contributed by atoms with Crippen molar-refractivity contribution in [2.75, 3.05) is 18.6 Å². The van der Waals surface area contributed by atoms with Crippen LogP contribution in [-0.4, -0.2) is 33.0 Å². The van der Waals surface area contributed by atoms with Crippen molar-refractivity contribution in [3.05, 3.63) is 35.6 Å². The van der Waals surface area contributed by atoms with Crippen LogP contribution in [0.4, 0.5) is 4.39 Å². The monoisotopic (exact) mass is 287 g/mol. The van der Waals surface area contributed by atoms with Gasteiger partial charge in [-0.05, 0) is 30.0 Å². The Kier molecular flexibility index (Phi) is 5.94. The van der Waals surface area contributed by atoms with Crippen LogP contribution in [0.3, 0.4) is 0 Å². The molecule has 0 fully saturated rings. The third-order valence-electron chi connectivity index (χ3n) is 2.95. The highest BCUT2D eigenvalue weighted by Gasteiger charge is 2.15. The molecule has 1 atom stereocenters. The number of benzene rings is 1. The molecule has 0 saturated heterocycles. The minimum atomic E-state index is -2.98. The number of halogens is 1. The summed E-state index contributed by atoms with van der Waals surface area (Å²) in [7, 11) is -2.98. The van der Waals surface area contributed by atoms with E-state index in [1.807, 2.05) is 13.8 Å². The third kappa shape index (κ3) is 6.68. The molecule has 5 heteroatoms. The van der Waals surface area contributed by atoms with Gasteiger partial charge in [0.15, 0.2) is 0 Å². The molecule has 0 spiro atoms. The standard InChI is InChI=1S/C14H22FNO2S/c1-11(2)16-10-13(8-9-19(3,17)18)12-4-6-14(15)7-5-12/h4-7,11,13,16H,8-10H2,1-3H3. The Morgan fingerprint density at radius 3 is 2.26 bits per heavy atom. The predicted molar refractivity (Wildman–Crippen MR) is 76.6 cm³/mol. The summed E-state index contributed by atoms with van der Waals surface area (Å²) in [5.41, 5.74) is 0.971. The van der Waals surface area contributed by atoms with E-state index < -0.39 is 9.84 Å². The van der Waals surface area contributed by atoms with Crippen molar-refractivity contribution >= 4 is 9.84 Å². The summed E-state index contributed by atoms with van der Waals surface area (Å²) < 4.78 is 35.5. The molecule has 19 heavy (non-hydrogen) atoms. The molecule has 0 aliphatic carbocycles. The maximum Gasteiger partial charge on any atom is 0.147 e. The quantitative estimate of drug-likeness (QED) is 0.837. The van der Waals surface area contributed by atoms with Gasteiger partial charge in [0.1, 0.15) is 15.7 Å². The van der Waals surface area contributed by atoms with Crippen molar-refractivity contribution < 1.29 is 12.8 Å². The lowest BCUT2D eigenvalue weighted by Crippen LogP contribution is -2.29. The molecule has 0 aliphatic rings. The van der Waals surface area contributed by atoms with Crippen LogP contribution in [0.2, 0.25) is 0 Å². The highest BCUT2D eigenvalue weighted by molar-refractivity contribution is 7.90. The Balaban J connectivity index is 2.76. The van der Waals surface area contributed by atoms with E-state index in [0.717, 1.165) is 5.56 Å². The zero-order valence-corrected chi connectivity index (χ0v) is 12.5. The highest BCUT2D eigenvalue weighted by atomic mass is 32.2. The Morgan fingerprint density at radius 1 is 1.21 bits per heavy atom. The van der Waals surface area contributed by atoms with Crippen molar-refractivity contribution in [1.29, 1.82) is 0 Å². The number of hydrogen-bond donors (Lipinski definition) is 1. The summed E-state index contributed by atoms with van der Waals surface area (Å²) in [6.07, 6.45) is 1.79. The largest absolute Gasteiger partial charge is 0.314 e. The van der Waals surface area contributed by atoms with Gasteiger partial charge in [-0.25, -0.2) is 12.8 Å². The normalized spacial score (nSPS) is 13.7. The fraction of sp³-hybridized carbons (Fsp3) is 0.571. The van der Waals surface area contributed by atoms with Crippen molar-refractivity contribution in [2.24, 2.45) is 0 Å². The van der Waals surface area contributed by atoms with Gasteiger partial charge in [-0.15, -0.1) is 0 Å². The second kappa shape index (κ2) is 7.01. The molecule has 0 radical (unpaired) electrons. The van der Waals surface area contributed by atoms with E-state index in [-0.39, 0.29) is 17.5 Å². The van der Waals surface area contributed by atoms with Crippen molar-refractivity contribution in [3.63, 3.8) is 0 Å². The first kappa shape index (κ1) is 16.1. The highest BCUT2D eigenvalue weighted by Crippen LogP contribution is 2.20. The van der Waals surface area contributed by atoms with Crippen molar-refractivity contribution in [2.45, 2.75) is 32.2 Å². The van der Waals surface area contributed by atoms with Crippen LogP contribution >= 0.6 is 0 Å².